The van der Waals surface area contributed by atoms with Crippen LogP contribution in [0.15, 0.2) is 36.4 Å². The smallest absolute Gasteiger partial charge is 0.312 e. The zero-order valence-corrected chi connectivity index (χ0v) is 21.0. The molecular formula is C29H35FN2O4. The maximum absolute atomic E-state index is 14.4. The summed E-state index contributed by atoms with van der Waals surface area (Å²) in [7, 11) is 0. The molecule has 2 fully saturated rings. The molecule has 0 aromatic heterocycles. The first kappa shape index (κ1) is 24.9. The molecule has 1 N–H and O–H groups in total. The van der Waals surface area contributed by atoms with Gasteiger partial charge in [0.05, 0.1) is 25.3 Å². The largest absolute Gasteiger partial charge is 0.426 e. The fraction of sp³-hybridized carbons (Fsp3) is 0.517. The second-order valence-electron chi connectivity index (χ2n) is 10.2. The number of hydrogen-bond donors (Lipinski definition) is 1. The third-order valence-electron chi connectivity index (χ3n) is 8.17. The number of carbonyl (C=O) groups is 2. The van der Waals surface area contributed by atoms with E-state index in [4.69, 9.17) is 9.47 Å². The van der Waals surface area contributed by atoms with E-state index in [9.17, 15) is 14.0 Å². The van der Waals surface area contributed by atoms with Crippen LogP contribution >= 0.6 is 0 Å². The van der Waals surface area contributed by atoms with Gasteiger partial charge in [-0.3, -0.25) is 14.5 Å². The number of ether oxygens (including phenoxy) is 2. The Hall–Kier alpha value is -2.77. The molecule has 7 heteroatoms. The van der Waals surface area contributed by atoms with E-state index in [1.54, 1.807) is 25.1 Å². The van der Waals surface area contributed by atoms with Gasteiger partial charge in [0.25, 0.3) is 0 Å². The average molecular weight is 495 g/mol. The Kier molecular flexibility index (Phi) is 7.39. The van der Waals surface area contributed by atoms with Crippen LogP contribution in [-0.4, -0.2) is 49.6 Å². The summed E-state index contributed by atoms with van der Waals surface area (Å²) in [5.74, 6) is -0.0927. The predicted molar refractivity (Wildman–Crippen MR) is 136 cm³/mol. The van der Waals surface area contributed by atoms with Crippen LogP contribution in [0.2, 0.25) is 0 Å². The normalized spacial score (nSPS) is 23.1. The number of hydrogen-bond acceptors (Lipinski definition) is 5. The number of halogens is 1. The molecule has 5 rings (SSSR count). The molecule has 1 unspecified atom stereocenters. The molecule has 2 aromatic rings. The number of nitrogens with zero attached hydrogens (tertiary/aromatic N) is 1. The van der Waals surface area contributed by atoms with Crippen LogP contribution in [-0.2, 0) is 19.7 Å². The molecule has 0 radical (unpaired) electrons. The van der Waals surface area contributed by atoms with Crippen LogP contribution < -0.4 is 10.1 Å². The maximum Gasteiger partial charge on any atom is 0.312 e. The molecule has 6 nitrogen and oxygen atoms in total. The Bertz CT molecular complexity index is 1110. The standard InChI is InChI=1S/C29H35FN2O4/c1-20-25(30)13-12-24-27(20)31-28(34)29(24,21-6-4-2-3-5-7-21)22-8-10-23(11-9-22)36-26(33)14-15-32-16-18-35-19-17-32/h8-13,21H,2-7,14-19H2,1H3,(H,31,34). The van der Waals surface area contributed by atoms with Crippen molar-refractivity contribution in [1.29, 1.82) is 0 Å². The monoisotopic (exact) mass is 494 g/mol. The molecule has 1 saturated heterocycles. The fourth-order valence-electron chi connectivity index (χ4n) is 6.19. The van der Waals surface area contributed by atoms with Crippen molar-refractivity contribution < 1.29 is 23.5 Å². The second kappa shape index (κ2) is 10.7. The number of amides is 1. The number of morpholine rings is 1. The molecule has 3 aliphatic rings. The number of anilines is 1. The molecule has 1 aliphatic carbocycles. The van der Waals surface area contributed by atoms with E-state index >= 15 is 0 Å². The number of nitrogens with one attached hydrogen (secondary N) is 1. The minimum Gasteiger partial charge on any atom is -0.426 e. The summed E-state index contributed by atoms with van der Waals surface area (Å²) in [5, 5.41) is 3.03. The summed E-state index contributed by atoms with van der Waals surface area (Å²) in [6.45, 7) is 5.43. The Morgan fingerprint density at radius 1 is 1.08 bits per heavy atom. The summed E-state index contributed by atoms with van der Waals surface area (Å²) in [5.41, 5.74) is 1.92. The predicted octanol–water partition coefficient (Wildman–Crippen LogP) is 4.97. The first-order valence-corrected chi connectivity index (χ1v) is 13.2. The highest BCUT2D eigenvalue weighted by Gasteiger charge is 2.53. The van der Waals surface area contributed by atoms with Gasteiger partial charge in [0, 0.05) is 25.2 Å². The molecule has 2 aliphatic heterocycles. The number of carbonyl (C=O) groups excluding carboxylic acids is 2. The van der Waals surface area contributed by atoms with Gasteiger partial charge in [-0.25, -0.2) is 4.39 Å². The van der Waals surface area contributed by atoms with Crippen LogP contribution in [0.25, 0.3) is 0 Å². The zero-order chi connectivity index (χ0) is 25.1. The van der Waals surface area contributed by atoms with Gasteiger partial charge in [-0.15, -0.1) is 0 Å². The van der Waals surface area contributed by atoms with Crippen molar-refractivity contribution in [3.05, 3.63) is 58.9 Å². The first-order valence-electron chi connectivity index (χ1n) is 13.2. The second-order valence-corrected chi connectivity index (χ2v) is 10.2. The van der Waals surface area contributed by atoms with Crippen LogP contribution in [0.3, 0.4) is 0 Å². The number of rotatable bonds is 6. The topological polar surface area (TPSA) is 67.9 Å². The van der Waals surface area contributed by atoms with Crippen LogP contribution in [0.5, 0.6) is 5.75 Å². The van der Waals surface area contributed by atoms with Gasteiger partial charge in [-0.1, -0.05) is 43.9 Å². The van der Waals surface area contributed by atoms with Crippen LogP contribution in [0, 0.1) is 18.7 Å². The van der Waals surface area contributed by atoms with Crippen molar-refractivity contribution in [2.75, 3.05) is 38.2 Å². The molecule has 1 saturated carbocycles. The Balaban J connectivity index is 1.41. The highest BCUT2D eigenvalue weighted by Crippen LogP contribution is 2.52. The molecular weight excluding hydrogens is 459 g/mol. The summed E-state index contributed by atoms with van der Waals surface area (Å²) in [4.78, 5) is 28.4. The van der Waals surface area contributed by atoms with Crippen molar-refractivity contribution in [3.8, 4) is 5.75 Å². The van der Waals surface area contributed by atoms with Gasteiger partial charge in [0.15, 0.2) is 0 Å². The Morgan fingerprint density at radius 3 is 2.47 bits per heavy atom. The van der Waals surface area contributed by atoms with E-state index < -0.39 is 5.41 Å². The van der Waals surface area contributed by atoms with Gasteiger partial charge in [0.2, 0.25) is 5.91 Å². The number of benzene rings is 2. The Labute approximate surface area is 212 Å². The first-order chi connectivity index (χ1) is 17.5. The lowest BCUT2D eigenvalue weighted by atomic mass is 9.64. The van der Waals surface area contributed by atoms with Gasteiger partial charge in [0.1, 0.15) is 17.0 Å². The molecule has 0 spiro atoms. The molecule has 1 atom stereocenters. The van der Waals surface area contributed by atoms with E-state index in [2.05, 4.69) is 10.2 Å². The van der Waals surface area contributed by atoms with Gasteiger partial charge < -0.3 is 14.8 Å². The summed E-state index contributed by atoms with van der Waals surface area (Å²) < 4.78 is 25.4. The van der Waals surface area contributed by atoms with E-state index in [1.807, 2.05) is 12.1 Å². The van der Waals surface area contributed by atoms with Gasteiger partial charge in [-0.05, 0) is 55.0 Å². The lowest BCUT2D eigenvalue weighted by Crippen LogP contribution is -2.43. The molecule has 0 bridgehead atoms. The van der Waals surface area contributed by atoms with Crippen molar-refractivity contribution in [2.24, 2.45) is 5.92 Å². The molecule has 2 heterocycles. The van der Waals surface area contributed by atoms with Crippen molar-refractivity contribution in [1.82, 2.24) is 4.90 Å². The van der Waals surface area contributed by atoms with E-state index in [1.165, 1.54) is 18.9 Å². The van der Waals surface area contributed by atoms with Crippen molar-refractivity contribution >= 4 is 17.6 Å². The average Bonchev–Trinajstić information content (AvgIpc) is 3.03. The summed E-state index contributed by atoms with van der Waals surface area (Å²) in [6.07, 6.45) is 6.70. The van der Waals surface area contributed by atoms with Crippen molar-refractivity contribution in [3.63, 3.8) is 0 Å². The third kappa shape index (κ3) is 4.66. The molecule has 192 valence electrons. The number of fused-ring (bicyclic) bond motifs is 1. The summed E-state index contributed by atoms with van der Waals surface area (Å²) >= 11 is 0. The quantitative estimate of drug-likeness (QED) is 0.349. The highest BCUT2D eigenvalue weighted by atomic mass is 19.1. The SMILES string of the molecule is Cc1c(F)ccc2c1NC(=O)C2(c1ccc(OC(=O)CCN2CCOCC2)cc1)C1CCCCCC1. The van der Waals surface area contributed by atoms with Crippen molar-refractivity contribution in [2.45, 2.75) is 57.3 Å². The van der Waals surface area contributed by atoms with Crippen LogP contribution in [0.4, 0.5) is 10.1 Å². The summed E-state index contributed by atoms with van der Waals surface area (Å²) in [6, 6.07) is 10.6. The van der Waals surface area contributed by atoms with Gasteiger partial charge in [-0.2, -0.15) is 0 Å². The minimum atomic E-state index is -0.878. The molecule has 2 aromatic carbocycles. The lowest BCUT2D eigenvalue weighted by molar-refractivity contribution is -0.135. The highest BCUT2D eigenvalue weighted by molar-refractivity contribution is 6.09. The third-order valence-corrected chi connectivity index (χ3v) is 8.17. The molecule has 1 amide bonds. The van der Waals surface area contributed by atoms with Crippen LogP contribution in [0.1, 0.15) is 61.6 Å². The van der Waals surface area contributed by atoms with E-state index in [0.29, 0.717) is 43.2 Å². The Morgan fingerprint density at radius 2 is 1.78 bits per heavy atom. The zero-order valence-electron chi connectivity index (χ0n) is 21.0. The maximum atomic E-state index is 14.4. The fourth-order valence-corrected chi connectivity index (χ4v) is 6.19. The number of esters is 1. The lowest BCUT2D eigenvalue weighted by Gasteiger charge is -2.36. The van der Waals surface area contributed by atoms with Gasteiger partial charge >= 0.3 is 5.97 Å². The van der Waals surface area contributed by atoms with E-state index in [-0.39, 0.29) is 23.6 Å². The minimum absolute atomic E-state index is 0.0895. The van der Waals surface area contributed by atoms with E-state index in [0.717, 1.165) is 49.9 Å². The molecule has 36 heavy (non-hydrogen) atoms.